The predicted octanol–water partition coefficient (Wildman–Crippen LogP) is 2.58. The lowest BCUT2D eigenvalue weighted by atomic mass is 9.84. The van der Waals surface area contributed by atoms with Crippen LogP contribution in [-0.4, -0.2) is 39.6 Å². The molecule has 0 bridgehead atoms. The average molecular weight is 426 g/mol. The summed E-state index contributed by atoms with van der Waals surface area (Å²) in [5, 5.41) is 13.0. The third-order valence-electron chi connectivity index (χ3n) is 5.33. The van der Waals surface area contributed by atoms with Crippen molar-refractivity contribution in [3.63, 3.8) is 0 Å². The van der Waals surface area contributed by atoms with Gasteiger partial charge in [-0.05, 0) is 12.3 Å². The molecule has 1 saturated carbocycles. The molecule has 11 heteroatoms. The Balaban J connectivity index is 1.55. The van der Waals surface area contributed by atoms with Gasteiger partial charge in [-0.2, -0.15) is 4.98 Å². The van der Waals surface area contributed by atoms with Crippen LogP contribution in [0.15, 0.2) is 22.1 Å². The number of H-pyrrole nitrogens is 1. The van der Waals surface area contributed by atoms with E-state index in [4.69, 9.17) is 4.52 Å². The Kier molecular flexibility index (Phi) is 7.37. The maximum atomic E-state index is 12.1. The van der Waals surface area contributed by atoms with E-state index in [2.05, 4.69) is 24.8 Å². The van der Waals surface area contributed by atoms with E-state index in [1.54, 1.807) is 0 Å². The summed E-state index contributed by atoms with van der Waals surface area (Å²) in [7, 11) is -3.76. The summed E-state index contributed by atoms with van der Waals surface area (Å²) in [5.41, 5.74) is 0. The Morgan fingerprint density at radius 2 is 2.14 bits per heavy atom. The zero-order valence-corrected chi connectivity index (χ0v) is 17.0. The highest BCUT2D eigenvalue weighted by Gasteiger charge is 2.24. The number of aromatic amines is 1. The molecular formula is C18H27N5O5S. The maximum Gasteiger partial charge on any atom is 0.304 e. The molecule has 0 aromatic carbocycles. The van der Waals surface area contributed by atoms with Gasteiger partial charge in [0.05, 0.1) is 25.5 Å². The number of imidazole rings is 1. The van der Waals surface area contributed by atoms with Gasteiger partial charge in [0.25, 0.3) is 10.0 Å². The summed E-state index contributed by atoms with van der Waals surface area (Å²) in [5.74, 6) is -0.171. The largest absolute Gasteiger partial charge is 0.481 e. The van der Waals surface area contributed by atoms with Crippen molar-refractivity contribution >= 4 is 16.0 Å². The van der Waals surface area contributed by atoms with Crippen LogP contribution in [0.4, 0.5) is 0 Å². The predicted molar refractivity (Wildman–Crippen MR) is 102 cm³/mol. The van der Waals surface area contributed by atoms with E-state index < -0.39 is 16.0 Å². The third-order valence-corrected chi connectivity index (χ3v) is 6.65. The molecule has 1 atom stereocenters. The SMILES string of the molecule is O=C(O)C[C@@H](CCCC1CCCCC1)c1nc(CNS(=O)(=O)c2cnc[nH]2)no1. The van der Waals surface area contributed by atoms with Crippen LogP contribution in [-0.2, 0) is 21.4 Å². The zero-order valence-electron chi connectivity index (χ0n) is 16.2. The molecule has 10 nitrogen and oxygen atoms in total. The van der Waals surface area contributed by atoms with Crippen molar-refractivity contribution < 1.29 is 22.8 Å². The maximum absolute atomic E-state index is 12.1. The van der Waals surface area contributed by atoms with Crippen LogP contribution in [0.3, 0.4) is 0 Å². The number of carbonyl (C=O) groups is 1. The number of hydrogen-bond donors (Lipinski definition) is 3. The molecule has 160 valence electrons. The standard InChI is InChI=1S/C18H27N5O5S/c24-17(25)9-14(8-4-7-13-5-2-1-3-6-13)18-22-15(23-28-18)10-21-29(26,27)16-11-19-12-20-16/h11-14,21H,1-10H2,(H,19,20)(H,24,25)/t14-/m1/s1. The number of aromatic nitrogens is 4. The fraction of sp³-hybridized carbons (Fsp3) is 0.667. The summed E-state index contributed by atoms with van der Waals surface area (Å²) in [4.78, 5) is 21.7. The first kappa shape index (κ1) is 21.4. The van der Waals surface area contributed by atoms with Gasteiger partial charge in [0.2, 0.25) is 5.89 Å². The van der Waals surface area contributed by atoms with E-state index >= 15 is 0 Å². The average Bonchev–Trinajstić information content (AvgIpc) is 3.39. The van der Waals surface area contributed by atoms with E-state index in [1.165, 1.54) is 44.6 Å². The van der Waals surface area contributed by atoms with Gasteiger partial charge in [-0.1, -0.05) is 50.1 Å². The molecule has 2 aromatic heterocycles. The lowest BCUT2D eigenvalue weighted by Gasteiger charge is -2.21. The number of nitrogens with one attached hydrogen (secondary N) is 2. The minimum Gasteiger partial charge on any atom is -0.481 e. The molecule has 1 fully saturated rings. The molecule has 0 aliphatic heterocycles. The first-order valence-electron chi connectivity index (χ1n) is 9.96. The number of hydrogen-bond acceptors (Lipinski definition) is 7. The van der Waals surface area contributed by atoms with Crippen molar-refractivity contribution in [1.29, 1.82) is 0 Å². The molecule has 0 spiro atoms. The molecule has 0 saturated heterocycles. The van der Waals surface area contributed by atoms with Gasteiger partial charge in [0.1, 0.15) is 0 Å². The minimum absolute atomic E-state index is 0.0623. The Labute approximate surface area is 169 Å². The second-order valence-corrected chi connectivity index (χ2v) is 9.25. The Hall–Kier alpha value is -2.27. The van der Waals surface area contributed by atoms with Crippen molar-refractivity contribution in [2.75, 3.05) is 0 Å². The minimum atomic E-state index is -3.76. The van der Waals surface area contributed by atoms with E-state index in [-0.39, 0.29) is 35.6 Å². The van der Waals surface area contributed by atoms with Gasteiger partial charge >= 0.3 is 5.97 Å². The first-order valence-corrected chi connectivity index (χ1v) is 11.4. The second-order valence-electron chi connectivity index (χ2n) is 7.52. The molecule has 1 aliphatic rings. The van der Waals surface area contributed by atoms with Crippen molar-refractivity contribution in [2.24, 2.45) is 5.92 Å². The molecule has 29 heavy (non-hydrogen) atoms. The molecule has 1 aliphatic carbocycles. The van der Waals surface area contributed by atoms with Crippen molar-refractivity contribution in [2.45, 2.75) is 75.3 Å². The number of carboxylic acid groups (broad SMARTS) is 1. The van der Waals surface area contributed by atoms with Crippen molar-refractivity contribution in [3.8, 4) is 0 Å². The van der Waals surface area contributed by atoms with E-state index in [9.17, 15) is 18.3 Å². The number of nitrogens with zero attached hydrogens (tertiary/aromatic N) is 3. The number of carboxylic acids is 1. The summed E-state index contributed by atoms with van der Waals surface area (Å²) in [6, 6.07) is 0. The zero-order chi connectivity index (χ0) is 20.7. The smallest absolute Gasteiger partial charge is 0.304 e. The van der Waals surface area contributed by atoms with E-state index in [0.29, 0.717) is 6.42 Å². The number of aliphatic carboxylic acids is 1. The Bertz CT molecular complexity index is 874. The third kappa shape index (κ3) is 6.36. The van der Waals surface area contributed by atoms with Crippen LogP contribution < -0.4 is 4.72 Å². The number of sulfonamides is 1. The molecule has 2 aromatic rings. The molecule has 2 heterocycles. The first-order chi connectivity index (χ1) is 13.9. The van der Waals surface area contributed by atoms with Gasteiger partial charge in [0.15, 0.2) is 10.9 Å². The van der Waals surface area contributed by atoms with Crippen LogP contribution in [0.5, 0.6) is 0 Å². The molecule has 0 amide bonds. The molecule has 3 rings (SSSR count). The van der Waals surface area contributed by atoms with Crippen LogP contribution in [0, 0.1) is 5.92 Å². The van der Waals surface area contributed by atoms with Crippen LogP contribution >= 0.6 is 0 Å². The monoisotopic (exact) mass is 425 g/mol. The van der Waals surface area contributed by atoms with E-state index in [1.807, 2.05) is 0 Å². The highest BCUT2D eigenvalue weighted by Crippen LogP contribution is 2.31. The fourth-order valence-corrected chi connectivity index (χ4v) is 4.67. The normalized spacial score (nSPS) is 16.7. The summed E-state index contributed by atoms with van der Waals surface area (Å²) < 4.78 is 31.8. The molecular weight excluding hydrogens is 398 g/mol. The highest BCUT2D eigenvalue weighted by molar-refractivity contribution is 7.89. The fourth-order valence-electron chi connectivity index (χ4n) is 3.78. The molecule has 0 unspecified atom stereocenters. The highest BCUT2D eigenvalue weighted by atomic mass is 32.2. The second kappa shape index (κ2) is 9.97. The van der Waals surface area contributed by atoms with Crippen LogP contribution in [0.25, 0.3) is 0 Å². The lowest BCUT2D eigenvalue weighted by Crippen LogP contribution is -2.24. The Morgan fingerprint density at radius 3 is 2.83 bits per heavy atom. The quantitative estimate of drug-likeness (QED) is 0.497. The molecule has 3 N–H and O–H groups in total. The lowest BCUT2D eigenvalue weighted by molar-refractivity contribution is -0.137. The topological polar surface area (TPSA) is 151 Å². The Morgan fingerprint density at radius 1 is 1.34 bits per heavy atom. The van der Waals surface area contributed by atoms with Gasteiger partial charge in [0, 0.05) is 5.92 Å². The molecule has 0 radical (unpaired) electrons. The van der Waals surface area contributed by atoms with Crippen LogP contribution in [0.2, 0.25) is 0 Å². The summed E-state index contributed by atoms with van der Waals surface area (Å²) >= 11 is 0. The summed E-state index contributed by atoms with van der Waals surface area (Å²) in [6.07, 6.45) is 11.4. The van der Waals surface area contributed by atoms with Gasteiger partial charge in [-0.25, -0.2) is 18.1 Å². The van der Waals surface area contributed by atoms with E-state index in [0.717, 1.165) is 18.8 Å². The van der Waals surface area contributed by atoms with Crippen LogP contribution in [0.1, 0.15) is 75.4 Å². The van der Waals surface area contributed by atoms with Gasteiger partial charge in [-0.15, -0.1) is 0 Å². The van der Waals surface area contributed by atoms with Gasteiger partial charge in [-0.3, -0.25) is 4.79 Å². The summed E-state index contributed by atoms with van der Waals surface area (Å²) in [6.45, 7) is -0.160. The van der Waals surface area contributed by atoms with Gasteiger partial charge < -0.3 is 14.6 Å². The van der Waals surface area contributed by atoms with Crippen molar-refractivity contribution in [3.05, 3.63) is 24.2 Å². The van der Waals surface area contributed by atoms with Crippen molar-refractivity contribution in [1.82, 2.24) is 24.8 Å². The number of rotatable bonds is 11.